The molecule has 1 aromatic carbocycles. The van der Waals surface area contributed by atoms with E-state index in [4.69, 9.17) is 18.0 Å². The predicted octanol–water partition coefficient (Wildman–Crippen LogP) is 2.16. The van der Waals surface area contributed by atoms with E-state index in [0.29, 0.717) is 4.32 Å². The maximum atomic E-state index is 5.33. The van der Waals surface area contributed by atoms with Crippen molar-refractivity contribution < 1.29 is 0 Å². The molecule has 0 fully saturated rings. The van der Waals surface area contributed by atoms with Crippen LogP contribution in [0.3, 0.4) is 0 Å². The van der Waals surface area contributed by atoms with Gasteiger partial charge in [0, 0.05) is 5.75 Å². The highest BCUT2D eigenvalue weighted by molar-refractivity contribution is 8.22. The SMILES string of the molecule is NC(=S)SCc1ccccc1. The number of rotatable bonds is 2. The molecule has 58 valence electrons. The first-order chi connectivity index (χ1) is 5.29. The molecule has 0 aliphatic rings. The van der Waals surface area contributed by atoms with E-state index in [1.54, 1.807) is 0 Å². The van der Waals surface area contributed by atoms with E-state index in [0.717, 1.165) is 5.75 Å². The van der Waals surface area contributed by atoms with Crippen molar-refractivity contribution in [2.24, 2.45) is 5.73 Å². The maximum Gasteiger partial charge on any atom is 0.131 e. The maximum absolute atomic E-state index is 5.33. The molecule has 0 aromatic heterocycles. The lowest BCUT2D eigenvalue weighted by Gasteiger charge is -1.97. The summed E-state index contributed by atoms with van der Waals surface area (Å²) in [6, 6.07) is 10.1. The third kappa shape index (κ3) is 3.39. The lowest BCUT2D eigenvalue weighted by molar-refractivity contribution is 1.42. The second kappa shape index (κ2) is 4.36. The number of thioether (sulfide) groups is 1. The Kier molecular flexibility index (Phi) is 3.39. The minimum absolute atomic E-state index is 0.508. The van der Waals surface area contributed by atoms with Crippen molar-refractivity contribution in [3.05, 3.63) is 35.9 Å². The van der Waals surface area contributed by atoms with E-state index < -0.39 is 0 Å². The number of hydrogen-bond acceptors (Lipinski definition) is 2. The Labute approximate surface area is 76.0 Å². The topological polar surface area (TPSA) is 26.0 Å². The van der Waals surface area contributed by atoms with Crippen LogP contribution in [0.25, 0.3) is 0 Å². The molecule has 11 heavy (non-hydrogen) atoms. The molecule has 0 bridgehead atoms. The summed E-state index contributed by atoms with van der Waals surface area (Å²) in [6.45, 7) is 0. The molecule has 0 amide bonds. The van der Waals surface area contributed by atoms with Gasteiger partial charge < -0.3 is 5.73 Å². The quantitative estimate of drug-likeness (QED) is 0.712. The normalized spacial score (nSPS) is 9.45. The second-order valence-corrected chi connectivity index (χ2v) is 3.81. The average Bonchev–Trinajstić information content (AvgIpc) is 2.03. The van der Waals surface area contributed by atoms with Gasteiger partial charge in [-0.05, 0) is 5.56 Å². The summed E-state index contributed by atoms with van der Waals surface area (Å²) >= 11 is 6.23. The fraction of sp³-hybridized carbons (Fsp3) is 0.125. The van der Waals surface area contributed by atoms with Crippen LogP contribution in [0.4, 0.5) is 0 Å². The van der Waals surface area contributed by atoms with Gasteiger partial charge in [-0.3, -0.25) is 0 Å². The molecule has 3 heteroatoms. The van der Waals surface area contributed by atoms with E-state index in [9.17, 15) is 0 Å². The van der Waals surface area contributed by atoms with Gasteiger partial charge in [-0.15, -0.1) is 0 Å². The molecule has 0 heterocycles. The fourth-order valence-corrected chi connectivity index (χ4v) is 1.41. The first kappa shape index (κ1) is 8.56. The Hall–Kier alpha value is -0.540. The van der Waals surface area contributed by atoms with Crippen molar-refractivity contribution in [2.75, 3.05) is 0 Å². The van der Waals surface area contributed by atoms with Gasteiger partial charge in [-0.1, -0.05) is 54.3 Å². The smallest absolute Gasteiger partial charge is 0.131 e. The van der Waals surface area contributed by atoms with Crippen LogP contribution in [0.2, 0.25) is 0 Å². The molecule has 0 unspecified atom stereocenters. The first-order valence-electron chi connectivity index (χ1n) is 3.25. The van der Waals surface area contributed by atoms with Gasteiger partial charge in [0.2, 0.25) is 0 Å². The lowest BCUT2D eigenvalue weighted by atomic mass is 10.2. The van der Waals surface area contributed by atoms with Crippen LogP contribution in [-0.2, 0) is 5.75 Å². The second-order valence-electron chi connectivity index (χ2n) is 2.09. The van der Waals surface area contributed by atoms with E-state index in [-0.39, 0.29) is 0 Å². The Morgan fingerprint density at radius 2 is 2.00 bits per heavy atom. The summed E-state index contributed by atoms with van der Waals surface area (Å²) in [4.78, 5) is 0. The van der Waals surface area contributed by atoms with Gasteiger partial charge in [0.1, 0.15) is 4.32 Å². The highest BCUT2D eigenvalue weighted by Crippen LogP contribution is 2.10. The Morgan fingerprint density at radius 1 is 1.36 bits per heavy atom. The van der Waals surface area contributed by atoms with Crippen molar-refractivity contribution >= 4 is 28.3 Å². The van der Waals surface area contributed by atoms with E-state index in [1.165, 1.54) is 17.3 Å². The third-order valence-corrected chi connectivity index (χ3v) is 2.34. The molecule has 1 nitrogen and oxygen atoms in total. The van der Waals surface area contributed by atoms with Crippen LogP contribution in [0.5, 0.6) is 0 Å². The van der Waals surface area contributed by atoms with Crippen LogP contribution in [0.15, 0.2) is 30.3 Å². The molecule has 0 aliphatic carbocycles. The van der Waals surface area contributed by atoms with Gasteiger partial charge in [0.25, 0.3) is 0 Å². The van der Waals surface area contributed by atoms with Crippen molar-refractivity contribution in [1.29, 1.82) is 0 Å². The summed E-state index contributed by atoms with van der Waals surface area (Å²) in [7, 11) is 0. The Bertz CT molecular complexity index is 233. The number of benzene rings is 1. The van der Waals surface area contributed by atoms with Crippen LogP contribution in [0, 0.1) is 0 Å². The van der Waals surface area contributed by atoms with Gasteiger partial charge in [-0.2, -0.15) is 0 Å². The van der Waals surface area contributed by atoms with Crippen molar-refractivity contribution in [2.45, 2.75) is 5.75 Å². The Morgan fingerprint density at radius 3 is 2.55 bits per heavy atom. The number of thiocarbonyl (C=S) groups is 1. The van der Waals surface area contributed by atoms with Gasteiger partial charge >= 0.3 is 0 Å². The van der Waals surface area contributed by atoms with E-state index in [2.05, 4.69) is 12.1 Å². The monoisotopic (exact) mass is 183 g/mol. The average molecular weight is 183 g/mol. The van der Waals surface area contributed by atoms with E-state index in [1.807, 2.05) is 18.2 Å². The summed E-state index contributed by atoms with van der Waals surface area (Å²) in [6.07, 6.45) is 0. The highest BCUT2D eigenvalue weighted by Gasteiger charge is 1.92. The van der Waals surface area contributed by atoms with Crippen LogP contribution in [-0.4, -0.2) is 4.32 Å². The Balaban J connectivity index is 2.45. The minimum Gasteiger partial charge on any atom is -0.385 e. The molecule has 0 saturated carbocycles. The zero-order valence-electron chi connectivity index (χ0n) is 5.99. The predicted molar refractivity (Wildman–Crippen MR) is 54.5 cm³/mol. The summed E-state index contributed by atoms with van der Waals surface area (Å²) in [5.74, 6) is 0.871. The molecule has 1 rings (SSSR count). The van der Waals surface area contributed by atoms with Crippen LogP contribution in [0.1, 0.15) is 5.56 Å². The molecule has 1 aromatic rings. The minimum atomic E-state index is 0.508. The largest absolute Gasteiger partial charge is 0.385 e. The summed E-state index contributed by atoms with van der Waals surface area (Å²) in [5.41, 5.74) is 6.59. The summed E-state index contributed by atoms with van der Waals surface area (Å²) < 4.78 is 0.508. The van der Waals surface area contributed by atoms with Gasteiger partial charge in [0.15, 0.2) is 0 Å². The number of hydrogen-bond donors (Lipinski definition) is 1. The molecular formula is C8H9NS2. The molecule has 0 spiro atoms. The lowest BCUT2D eigenvalue weighted by Crippen LogP contribution is -2.01. The van der Waals surface area contributed by atoms with Crippen molar-refractivity contribution in [3.63, 3.8) is 0 Å². The zero-order valence-corrected chi connectivity index (χ0v) is 7.62. The molecule has 0 atom stereocenters. The zero-order chi connectivity index (χ0) is 8.10. The molecule has 2 N–H and O–H groups in total. The fourth-order valence-electron chi connectivity index (χ4n) is 0.729. The molecule has 0 aliphatic heterocycles. The van der Waals surface area contributed by atoms with E-state index >= 15 is 0 Å². The molecular weight excluding hydrogens is 174 g/mol. The number of nitrogens with two attached hydrogens (primary N) is 1. The van der Waals surface area contributed by atoms with Crippen molar-refractivity contribution in [3.8, 4) is 0 Å². The van der Waals surface area contributed by atoms with Crippen LogP contribution >= 0.6 is 24.0 Å². The van der Waals surface area contributed by atoms with Crippen molar-refractivity contribution in [1.82, 2.24) is 0 Å². The summed E-state index contributed by atoms with van der Waals surface area (Å²) in [5, 5.41) is 0. The molecule has 0 saturated heterocycles. The van der Waals surface area contributed by atoms with Crippen LogP contribution < -0.4 is 5.73 Å². The first-order valence-corrected chi connectivity index (χ1v) is 4.64. The highest BCUT2D eigenvalue weighted by atomic mass is 32.2. The van der Waals surface area contributed by atoms with Gasteiger partial charge in [-0.25, -0.2) is 0 Å². The standard InChI is InChI=1S/C8H9NS2/c9-8(10)11-6-7-4-2-1-3-5-7/h1-5H,6H2,(H2,9,10). The van der Waals surface area contributed by atoms with Gasteiger partial charge in [0.05, 0.1) is 0 Å². The molecule has 0 radical (unpaired) electrons. The third-order valence-electron chi connectivity index (χ3n) is 1.22.